The highest BCUT2D eigenvalue weighted by molar-refractivity contribution is 9.11. The van der Waals surface area contributed by atoms with Gasteiger partial charge in [0.1, 0.15) is 11.3 Å². The Morgan fingerprint density at radius 2 is 2.25 bits per heavy atom. The van der Waals surface area contributed by atoms with E-state index in [0.717, 1.165) is 33.7 Å². The molecule has 0 radical (unpaired) electrons. The zero-order valence-electron chi connectivity index (χ0n) is 10.9. The third-order valence-electron chi connectivity index (χ3n) is 3.10. The lowest BCUT2D eigenvalue weighted by Crippen LogP contribution is -2.07. The summed E-state index contributed by atoms with van der Waals surface area (Å²) in [5.74, 6) is 0.885. The summed E-state index contributed by atoms with van der Waals surface area (Å²) in [6, 6.07) is 8.10. The van der Waals surface area contributed by atoms with E-state index in [1.54, 1.807) is 17.5 Å². The number of hydrogen-bond donors (Lipinski definition) is 0. The summed E-state index contributed by atoms with van der Waals surface area (Å²) in [5, 5.41) is -0.126. The molecule has 0 aromatic carbocycles. The third-order valence-corrected chi connectivity index (χ3v) is 4.98. The molecule has 0 spiro atoms. The molecular formula is C14H13BrClN3S. The summed E-state index contributed by atoms with van der Waals surface area (Å²) in [7, 11) is 0. The molecule has 6 heteroatoms. The Kier molecular flexibility index (Phi) is 4.10. The highest BCUT2D eigenvalue weighted by Gasteiger charge is 2.15. The van der Waals surface area contributed by atoms with Crippen LogP contribution >= 0.6 is 38.9 Å². The fourth-order valence-electron chi connectivity index (χ4n) is 2.21. The maximum absolute atomic E-state index is 6.25. The number of pyridine rings is 1. The number of aryl methyl sites for hydroxylation is 2. The van der Waals surface area contributed by atoms with Crippen LogP contribution in [0.1, 0.15) is 23.0 Å². The number of imidazole rings is 1. The Morgan fingerprint density at radius 1 is 1.40 bits per heavy atom. The zero-order chi connectivity index (χ0) is 14.1. The molecule has 0 aliphatic carbocycles. The van der Waals surface area contributed by atoms with Gasteiger partial charge in [0.2, 0.25) is 0 Å². The van der Waals surface area contributed by atoms with Gasteiger partial charge in [-0.15, -0.1) is 22.9 Å². The molecule has 0 saturated carbocycles. The van der Waals surface area contributed by atoms with Gasteiger partial charge in [0.05, 0.1) is 9.16 Å². The Morgan fingerprint density at radius 3 is 2.95 bits per heavy atom. The molecular weight excluding hydrogens is 358 g/mol. The maximum atomic E-state index is 6.25. The lowest BCUT2D eigenvalue weighted by Gasteiger charge is -2.09. The molecule has 0 aliphatic heterocycles. The van der Waals surface area contributed by atoms with Gasteiger partial charge in [0.15, 0.2) is 5.65 Å². The molecule has 0 amide bonds. The second-order valence-corrected chi connectivity index (χ2v) is 7.74. The third kappa shape index (κ3) is 2.75. The first kappa shape index (κ1) is 14.0. The van der Waals surface area contributed by atoms with Gasteiger partial charge in [-0.2, -0.15) is 0 Å². The van der Waals surface area contributed by atoms with Gasteiger partial charge in [-0.1, -0.05) is 0 Å². The van der Waals surface area contributed by atoms with Gasteiger partial charge < -0.3 is 4.57 Å². The summed E-state index contributed by atoms with van der Waals surface area (Å²) in [4.78, 5) is 10.4. The summed E-state index contributed by atoms with van der Waals surface area (Å²) in [5.41, 5.74) is 1.81. The van der Waals surface area contributed by atoms with E-state index in [-0.39, 0.29) is 5.38 Å². The smallest absolute Gasteiger partial charge is 0.160 e. The first-order valence-corrected chi connectivity index (χ1v) is 8.39. The van der Waals surface area contributed by atoms with Crippen LogP contribution in [0.25, 0.3) is 11.2 Å². The van der Waals surface area contributed by atoms with Crippen molar-refractivity contribution in [2.45, 2.75) is 25.3 Å². The summed E-state index contributed by atoms with van der Waals surface area (Å²) in [6.45, 7) is 2.79. The van der Waals surface area contributed by atoms with Crippen molar-refractivity contribution in [3.63, 3.8) is 0 Å². The van der Waals surface area contributed by atoms with Crippen LogP contribution in [0, 0.1) is 0 Å². The van der Waals surface area contributed by atoms with Gasteiger partial charge >= 0.3 is 0 Å². The minimum Gasteiger partial charge on any atom is -0.311 e. The van der Waals surface area contributed by atoms with E-state index in [2.05, 4.69) is 42.6 Å². The Balaban J connectivity index is 1.94. The molecule has 20 heavy (non-hydrogen) atoms. The lowest BCUT2D eigenvalue weighted by atomic mass is 10.3. The van der Waals surface area contributed by atoms with Crippen molar-refractivity contribution in [1.29, 1.82) is 0 Å². The van der Waals surface area contributed by atoms with Crippen molar-refractivity contribution >= 4 is 50.0 Å². The predicted molar refractivity (Wildman–Crippen MR) is 87.5 cm³/mol. The molecule has 0 aliphatic rings. The number of halogens is 2. The first-order valence-electron chi connectivity index (χ1n) is 6.34. The van der Waals surface area contributed by atoms with Crippen molar-refractivity contribution in [3.05, 3.63) is 45.0 Å². The molecule has 3 aromatic rings. The number of nitrogens with zero attached hydrogens (tertiary/aromatic N) is 3. The van der Waals surface area contributed by atoms with Crippen LogP contribution in [0.3, 0.4) is 0 Å². The number of alkyl halides is 1. The van der Waals surface area contributed by atoms with Gasteiger partial charge in [0, 0.05) is 17.6 Å². The molecule has 3 aromatic heterocycles. The molecule has 0 fully saturated rings. The molecule has 0 saturated heterocycles. The van der Waals surface area contributed by atoms with Crippen LogP contribution in [0.4, 0.5) is 0 Å². The van der Waals surface area contributed by atoms with E-state index in [4.69, 9.17) is 11.6 Å². The van der Waals surface area contributed by atoms with Crippen molar-refractivity contribution in [2.75, 3.05) is 0 Å². The molecule has 1 unspecified atom stereocenters. The minimum atomic E-state index is -0.126. The summed E-state index contributed by atoms with van der Waals surface area (Å²) >= 11 is 11.5. The lowest BCUT2D eigenvalue weighted by molar-refractivity contribution is 0.667. The minimum absolute atomic E-state index is 0.126. The highest BCUT2D eigenvalue weighted by Crippen LogP contribution is 2.26. The van der Waals surface area contributed by atoms with Crippen LogP contribution in [-0.2, 0) is 13.0 Å². The standard InChI is InChI=1S/C14H13BrClN3S/c1-9(16)13-18-11-3-2-7-17-14(11)19(13)8-6-10-4-5-12(15)20-10/h2-5,7,9H,6,8H2,1H3. The van der Waals surface area contributed by atoms with Gasteiger partial charge in [0.25, 0.3) is 0 Å². The van der Waals surface area contributed by atoms with E-state index in [0.29, 0.717) is 0 Å². The van der Waals surface area contributed by atoms with Gasteiger partial charge in [-0.3, -0.25) is 0 Å². The molecule has 3 heterocycles. The zero-order valence-corrected chi connectivity index (χ0v) is 14.0. The van der Waals surface area contributed by atoms with Gasteiger partial charge in [-0.05, 0) is 53.5 Å². The first-order chi connectivity index (χ1) is 9.65. The quantitative estimate of drug-likeness (QED) is 0.618. The van der Waals surface area contributed by atoms with Crippen LogP contribution in [-0.4, -0.2) is 14.5 Å². The van der Waals surface area contributed by atoms with E-state index in [1.807, 2.05) is 19.1 Å². The van der Waals surface area contributed by atoms with Crippen molar-refractivity contribution in [3.8, 4) is 0 Å². The van der Waals surface area contributed by atoms with Crippen LogP contribution in [0.5, 0.6) is 0 Å². The largest absolute Gasteiger partial charge is 0.311 e. The average molecular weight is 371 g/mol. The van der Waals surface area contributed by atoms with E-state index < -0.39 is 0 Å². The van der Waals surface area contributed by atoms with Crippen molar-refractivity contribution < 1.29 is 0 Å². The van der Waals surface area contributed by atoms with E-state index in [9.17, 15) is 0 Å². The molecule has 0 bridgehead atoms. The van der Waals surface area contributed by atoms with Crippen LogP contribution in [0.15, 0.2) is 34.2 Å². The van der Waals surface area contributed by atoms with Crippen molar-refractivity contribution in [2.24, 2.45) is 0 Å². The van der Waals surface area contributed by atoms with E-state index >= 15 is 0 Å². The second-order valence-electron chi connectivity index (χ2n) is 4.54. The summed E-state index contributed by atoms with van der Waals surface area (Å²) in [6.07, 6.45) is 2.75. The second kappa shape index (κ2) is 5.84. The predicted octanol–water partition coefficient (Wildman–Crippen LogP) is 4.80. The SMILES string of the molecule is CC(Cl)c1nc2cccnc2n1CCc1ccc(Br)s1. The Labute approximate surface area is 134 Å². The van der Waals surface area contributed by atoms with E-state index in [1.165, 1.54) is 4.88 Å². The number of fused-ring (bicyclic) bond motifs is 1. The Hall–Kier alpha value is -0.910. The maximum Gasteiger partial charge on any atom is 0.160 e. The highest BCUT2D eigenvalue weighted by atomic mass is 79.9. The molecule has 3 rings (SSSR count). The number of rotatable bonds is 4. The fraction of sp³-hybridized carbons (Fsp3) is 0.286. The fourth-order valence-corrected chi connectivity index (χ4v) is 3.85. The summed E-state index contributed by atoms with van der Waals surface area (Å²) < 4.78 is 3.28. The Bertz CT molecular complexity index is 735. The molecule has 3 nitrogen and oxygen atoms in total. The molecule has 1 atom stereocenters. The van der Waals surface area contributed by atoms with Crippen LogP contribution < -0.4 is 0 Å². The van der Waals surface area contributed by atoms with Crippen molar-refractivity contribution in [1.82, 2.24) is 14.5 Å². The van der Waals surface area contributed by atoms with Gasteiger partial charge in [-0.25, -0.2) is 9.97 Å². The topological polar surface area (TPSA) is 30.7 Å². The molecule has 0 N–H and O–H groups in total. The monoisotopic (exact) mass is 369 g/mol. The van der Waals surface area contributed by atoms with Crippen LogP contribution in [0.2, 0.25) is 0 Å². The number of aromatic nitrogens is 3. The number of hydrogen-bond acceptors (Lipinski definition) is 3. The average Bonchev–Trinajstić information content (AvgIpc) is 3.00. The molecule has 104 valence electrons. The normalized spacial score (nSPS) is 12.9. The number of thiophene rings is 1.